The molecule has 0 N–H and O–H groups in total. The van der Waals surface area contributed by atoms with Crippen molar-refractivity contribution in [3.05, 3.63) is 62.1 Å². The molecule has 0 unspecified atom stereocenters. The number of carbonyl (C=O) groups excluding carboxylic acids is 1. The number of hydrogen-bond donors (Lipinski definition) is 0. The van der Waals surface area contributed by atoms with Crippen molar-refractivity contribution in [2.24, 2.45) is 0 Å². The Hall–Kier alpha value is -2.31. The highest BCUT2D eigenvalue weighted by molar-refractivity contribution is 6.42. The van der Waals surface area contributed by atoms with Crippen LogP contribution in [0.3, 0.4) is 0 Å². The van der Waals surface area contributed by atoms with Crippen LogP contribution in [0, 0.1) is 10.1 Å². The number of halogens is 2. The first kappa shape index (κ1) is 16.5. The maximum Gasteiger partial charge on any atom is 0.269 e. The predicted octanol–water partition coefficient (Wildman–Crippen LogP) is 3.87. The molecule has 1 heterocycles. The summed E-state index contributed by atoms with van der Waals surface area (Å²) < 4.78 is 5.45. The minimum Gasteiger partial charge on any atom is -0.482 e. The number of ether oxygens (including phenoxy) is 1. The molecule has 2 aromatic carbocycles. The van der Waals surface area contributed by atoms with E-state index < -0.39 is 4.92 Å². The lowest BCUT2D eigenvalue weighted by Gasteiger charge is -2.18. The van der Waals surface area contributed by atoms with Crippen LogP contribution in [0.2, 0.25) is 10.0 Å². The number of nitro benzene ring substituents is 1. The van der Waals surface area contributed by atoms with Gasteiger partial charge in [0, 0.05) is 24.4 Å². The zero-order chi connectivity index (χ0) is 17.3. The van der Waals surface area contributed by atoms with Gasteiger partial charge in [0.25, 0.3) is 11.6 Å². The zero-order valence-electron chi connectivity index (χ0n) is 12.4. The number of hydrogen-bond acceptors (Lipinski definition) is 4. The number of non-ortho nitro benzene ring substituents is 1. The zero-order valence-corrected chi connectivity index (χ0v) is 13.9. The number of rotatable bonds is 4. The molecule has 0 bridgehead atoms. The number of carbonyl (C=O) groups is 1. The molecule has 0 fully saturated rings. The Bertz CT molecular complexity index is 826. The van der Waals surface area contributed by atoms with Crippen LogP contribution in [0.25, 0.3) is 0 Å². The van der Waals surface area contributed by atoms with Gasteiger partial charge in [0.1, 0.15) is 10.8 Å². The van der Waals surface area contributed by atoms with E-state index in [-0.39, 0.29) is 23.2 Å². The first-order valence-corrected chi connectivity index (χ1v) is 7.87. The Balaban J connectivity index is 1.72. The monoisotopic (exact) mass is 366 g/mol. The standard InChI is InChI=1S/C16H12Cl2N2O4/c17-12-2-1-3-14(16(12)18)24-9-15(21)19-7-6-10-8-11(20(22)23)4-5-13(10)19/h1-5,8H,6-7,9H2. The minimum atomic E-state index is -0.449. The molecule has 0 aromatic heterocycles. The first-order valence-electron chi connectivity index (χ1n) is 7.12. The number of benzene rings is 2. The van der Waals surface area contributed by atoms with Gasteiger partial charge in [-0.25, -0.2) is 0 Å². The van der Waals surface area contributed by atoms with Gasteiger partial charge in [0.05, 0.1) is 9.95 Å². The normalized spacial score (nSPS) is 12.8. The van der Waals surface area contributed by atoms with Gasteiger partial charge in [0.2, 0.25) is 0 Å². The van der Waals surface area contributed by atoms with Crippen LogP contribution in [0.1, 0.15) is 5.56 Å². The van der Waals surface area contributed by atoms with E-state index in [0.29, 0.717) is 29.4 Å². The van der Waals surface area contributed by atoms with Crippen molar-refractivity contribution in [3.63, 3.8) is 0 Å². The molecule has 0 saturated carbocycles. The summed E-state index contributed by atoms with van der Waals surface area (Å²) in [6.45, 7) is 0.262. The fraction of sp³-hybridized carbons (Fsp3) is 0.188. The van der Waals surface area contributed by atoms with E-state index in [2.05, 4.69) is 0 Å². The van der Waals surface area contributed by atoms with Gasteiger partial charge in [0.15, 0.2) is 6.61 Å². The van der Waals surface area contributed by atoms with E-state index in [9.17, 15) is 14.9 Å². The molecule has 0 spiro atoms. The quantitative estimate of drug-likeness (QED) is 0.608. The largest absolute Gasteiger partial charge is 0.482 e. The summed E-state index contributed by atoms with van der Waals surface area (Å²) in [5.41, 5.74) is 1.47. The third-order valence-corrected chi connectivity index (χ3v) is 4.54. The van der Waals surface area contributed by atoms with Gasteiger partial charge >= 0.3 is 0 Å². The summed E-state index contributed by atoms with van der Waals surface area (Å²) in [6, 6.07) is 9.41. The van der Waals surface area contributed by atoms with Crippen LogP contribution in [0.5, 0.6) is 5.75 Å². The van der Waals surface area contributed by atoms with E-state index in [4.69, 9.17) is 27.9 Å². The Kier molecular flexibility index (Phi) is 4.59. The van der Waals surface area contributed by atoms with Crippen molar-refractivity contribution in [3.8, 4) is 5.75 Å². The highest BCUT2D eigenvalue weighted by Crippen LogP contribution is 2.33. The molecule has 0 atom stereocenters. The highest BCUT2D eigenvalue weighted by atomic mass is 35.5. The van der Waals surface area contributed by atoms with E-state index in [1.165, 1.54) is 12.1 Å². The van der Waals surface area contributed by atoms with E-state index >= 15 is 0 Å². The van der Waals surface area contributed by atoms with Crippen molar-refractivity contribution in [1.29, 1.82) is 0 Å². The summed E-state index contributed by atoms with van der Waals surface area (Å²) in [7, 11) is 0. The maximum absolute atomic E-state index is 12.4. The summed E-state index contributed by atoms with van der Waals surface area (Å²) in [4.78, 5) is 24.3. The number of nitrogens with zero attached hydrogens (tertiary/aromatic N) is 2. The summed E-state index contributed by atoms with van der Waals surface area (Å²) >= 11 is 11.9. The molecular formula is C16H12Cl2N2O4. The minimum absolute atomic E-state index is 0.0185. The predicted molar refractivity (Wildman–Crippen MR) is 91.1 cm³/mol. The Morgan fingerprint density at radius 1 is 1.29 bits per heavy atom. The molecule has 1 aliphatic heterocycles. The third-order valence-electron chi connectivity index (χ3n) is 3.74. The number of anilines is 1. The summed E-state index contributed by atoms with van der Waals surface area (Å²) in [6.07, 6.45) is 0.570. The second-order valence-electron chi connectivity index (χ2n) is 5.21. The van der Waals surface area contributed by atoms with Gasteiger partial charge < -0.3 is 9.64 Å². The Labute approximate surface area is 147 Å². The highest BCUT2D eigenvalue weighted by Gasteiger charge is 2.26. The molecule has 2 aromatic rings. The number of nitro groups is 1. The van der Waals surface area contributed by atoms with Crippen molar-refractivity contribution in [1.82, 2.24) is 0 Å². The summed E-state index contributed by atoms with van der Waals surface area (Å²) in [5.74, 6) is 0.0827. The van der Waals surface area contributed by atoms with Crippen LogP contribution < -0.4 is 9.64 Å². The van der Waals surface area contributed by atoms with Crippen molar-refractivity contribution in [2.45, 2.75) is 6.42 Å². The van der Waals surface area contributed by atoms with Crippen LogP contribution in [0.15, 0.2) is 36.4 Å². The fourth-order valence-electron chi connectivity index (χ4n) is 2.57. The smallest absolute Gasteiger partial charge is 0.269 e. The van der Waals surface area contributed by atoms with Gasteiger partial charge in [-0.2, -0.15) is 0 Å². The van der Waals surface area contributed by atoms with Gasteiger partial charge in [-0.15, -0.1) is 0 Å². The molecular weight excluding hydrogens is 355 g/mol. The summed E-state index contributed by atoms with van der Waals surface area (Å²) in [5, 5.41) is 11.4. The lowest BCUT2D eigenvalue weighted by molar-refractivity contribution is -0.384. The van der Waals surface area contributed by atoms with Crippen molar-refractivity contribution >= 4 is 40.5 Å². The van der Waals surface area contributed by atoms with Gasteiger partial charge in [-0.05, 0) is 30.2 Å². The van der Waals surface area contributed by atoms with Crippen LogP contribution in [0.4, 0.5) is 11.4 Å². The molecule has 0 aliphatic carbocycles. The van der Waals surface area contributed by atoms with Gasteiger partial charge in [-0.1, -0.05) is 29.3 Å². The average molecular weight is 367 g/mol. The lowest BCUT2D eigenvalue weighted by Crippen LogP contribution is -2.33. The molecule has 24 heavy (non-hydrogen) atoms. The fourth-order valence-corrected chi connectivity index (χ4v) is 2.92. The molecule has 1 aliphatic rings. The lowest BCUT2D eigenvalue weighted by atomic mass is 10.1. The second kappa shape index (κ2) is 6.67. The molecule has 8 heteroatoms. The topological polar surface area (TPSA) is 72.7 Å². The third kappa shape index (κ3) is 3.16. The first-order chi connectivity index (χ1) is 11.5. The average Bonchev–Trinajstić information content (AvgIpc) is 2.99. The Morgan fingerprint density at radius 2 is 2.08 bits per heavy atom. The van der Waals surface area contributed by atoms with E-state index in [1.54, 1.807) is 29.2 Å². The number of amides is 1. The number of fused-ring (bicyclic) bond motifs is 1. The molecule has 6 nitrogen and oxygen atoms in total. The second-order valence-corrected chi connectivity index (χ2v) is 5.99. The van der Waals surface area contributed by atoms with Crippen LogP contribution in [-0.4, -0.2) is 24.0 Å². The molecule has 0 saturated heterocycles. The molecule has 124 valence electrons. The molecule has 0 radical (unpaired) electrons. The SMILES string of the molecule is O=C(COc1cccc(Cl)c1Cl)N1CCc2cc([N+](=O)[O-])ccc21. The van der Waals surface area contributed by atoms with Crippen LogP contribution in [-0.2, 0) is 11.2 Å². The van der Waals surface area contributed by atoms with E-state index in [0.717, 1.165) is 5.56 Å². The Morgan fingerprint density at radius 3 is 2.83 bits per heavy atom. The maximum atomic E-state index is 12.4. The van der Waals surface area contributed by atoms with E-state index in [1.807, 2.05) is 0 Å². The van der Waals surface area contributed by atoms with Crippen molar-refractivity contribution in [2.75, 3.05) is 18.1 Å². The molecule has 1 amide bonds. The van der Waals surface area contributed by atoms with Crippen molar-refractivity contribution < 1.29 is 14.5 Å². The van der Waals surface area contributed by atoms with Crippen LogP contribution >= 0.6 is 23.2 Å². The molecule has 3 rings (SSSR count). The van der Waals surface area contributed by atoms with Gasteiger partial charge in [-0.3, -0.25) is 14.9 Å².